The van der Waals surface area contributed by atoms with E-state index in [1.807, 2.05) is 61.7 Å². The highest BCUT2D eigenvalue weighted by Crippen LogP contribution is 2.46. The van der Waals surface area contributed by atoms with Crippen molar-refractivity contribution < 1.29 is 27.5 Å². The van der Waals surface area contributed by atoms with E-state index >= 15 is 0 Å². The number of hydrogen-bond donors (Lipinski definition) is 3. The summed E-state index contributed by atoms with van der Waals surface area (Å²) in [5, 5.41) is 9.15. The molecule has 2 aromatic heterocycles. The monoisotopic (exact) mass is 782 g/mol. The number of carbonyl (C=O) groups excluding carboxylic acids is 3. The number of nitrogens with one attached hydrogen (secondary N) is 3. The van der Waals surface area contributed by atoms with Gasteiger partial charge in [-0.3, -0.25) is 19.1 Å². The van der Waals surface area contributed by atoms with Gasteiger partial charge in [0.05, 0.1) is 28.7 Å². The van der Waals surface area contributed by atoms with Crippen molar-refractivity contribution >= 4 is 55.1 Å². The van der Waals surface area contributed by atoms with Crippen LogP contribution in [-0.4, -0.2) is 76.5 Å². The lowest BCUT2D eigenvalue weighted by Gasteiger charge is -2.31. The molecule has 3 amide bonds. The van der Waals surface area contributed by atoms with E-state index in [9.17, 15) is 22.8 Å². The number of rotatable bonds is 8. The van der Waals surface area contributed by atoms with Crippen LogP contribution in [0.1, 0.15) is 63.6 Å². The minimum absolute atomic E-state index is 0.106. The number of nitrogens with zero attached hydrogens (tertiary/aromatic N) is 3. The van der Waals surface area contributed by atoms with Gasteiger partial charge in [0.1, 0.15) is 29.5 Å². The first-order valence-corrected chi connectivity index (χ1v) is 21.5. The standard InChI is InChI=1S/C41H46N6O6S2/c1-4-27-21-41(27,39(50)46-55(51,52)30-15-16-30)45-37(48)34-19-29-22-47(34)38(49)36(24(2)3)44-40-42-28(23-54-40)13-9-8-10-25-14-17-32-31(18-25)35(53-29)20-33(43-32)26-11-6-5-7-12-26/h4-7,11-12,14,17-18,20,23-24,27,29-30,34,36H,1,8-10,13,15-16,19,21-22H2,2-3H3,(H,42,44)(H,45,48)(H,46,50)/t27-,29+,34-,36-,41+/m0/s1. The van der Waals surface area contributed by atoms with E-state index in [0.29, 0.717) is 23.7 Å². The number of hydrogen-bond acceptors (Lipinski definition) is 10. The topological polar surface area (TPSA) is 160 Å². The Balaban J connectivity index is 1.16. The highest BCUT2D eigenvalue weighted by atomic mass is 32.2. The quantitative estimate of drug-likeness (QED) is 0.199. The second-order valence-electron chi connectivity index (χ2n) is 15.6. The molecule has 288 valence electrons. The van der Waals surface area contributed by atoms with E-state index in [0.717, 1.165) is 59.1 Å². The van der Waals surface area contributed by atoms with E-state index in [1.54, 1.807) is 11.0 Å². The summed E-state index contributed by atoms with van der Waals surface area (Å²) in [6, 6.07) is 16.3. The number of anilines is 1. The molecule has 14 heteroatoms. The molecule has 8 rings (SSSR count). The van der Waals surface area contributed by atoms with Gasteiger partial charge in [-0.1, -0.05) is 56.3 Å². The van der Waals surface area contributed by atoms with Gasteiger partial charge in [-0.05, 0) is 68.6 Å². The number of carbonyl (C=O) groups is 3. The molecule has 2 aliphatic heterocycles. The predicted molar refractivity (Wildman–Crippen MR) is 212 cm³/mol. The van der Waals surface area contributed by atoms with Crippen molar-refractivity contribution in [1.29, 1.82) is 0 Å². The molecule has 5 atom stereocenters. The van der Waals surface area contributed by atoms with Crippen LogP contribution in [0.2, 0.25) is 0 Å². The van der Waals surface area contributed by atoms with Gasteiger partial charge < -0.3 is 20.3 Å². The number of aryl methyl sites for hydroxylation is 2. The maximum Gasteiger partial charge on any atom is 0.259 e. The molecule has 2 aliphatic carbocycles. The number of sulfonamides is 1. The fraction of sp³-hybridized carbons (Fsp3) is 0.439. The van der Waals surface area contributed by atoms with Crippen molar-refractivity contribution in [3.8, 4) is 17.0 Å². The second-order valence-corrected chi connectivity index (χ2v) is 18.4. The molecule has 55 heavy (non-hydrogen) atoms. The minimum atomic E-state index is -3.87. The molecule has 0 radical (unpaired) electrons. The number of aromatic nitrogens is 2. The highest BCUT2D eigenvalue weighted by Gasteiger charge is 2.62. The third-order valence-electron chi connectivity index (χ3n) is 11.2. The molecule has 4 heterocycles. The fourth-order valence-corrected chi connectivity index (χ4v) is 9.92. The second kappa shape index (κ2) is 14.7. The Hall–Kier alpha value is -4.82. The molecule has 2 aromatic carbocycles. The SMILES string of the molecule is C=C[C@H]1C[C@]1(NC(=O)[C@@H]1C[C@@H]2CN1C(=O)[C@H](C(C)C)Nc1nc(cs1)CCCCc1ccc3nc(-c4ccccc4)cc(c3c1)O2)C(=O)NS(=O)(=O)C1CC1. The highest BCUT2D eigenvalue weighted by molar-refractivity contribution is 7.91. The van der Waals surface area contributed by atoms with Crippen molar-refractivity contribution in [3.63, 3.8) is 0 Å². The third kappa shape index (κ3) is 7.58. The zero-order valence-corrected chi connectivity index (χ0v) is 32.6. The summed E-state index contributed by atoms with van der Waals surface area (Å²) in [6.07, 6.45) is 5.88. The van der Waals surface area contributed by atoms with Crippen molar-refractivity contribution in [3.05, 3.63) is 83.9 Å². The van der Waals surface area contributed by atoms with Crippen molar-refractivity contribution in [2.24, 2.45) is 11.8 Å². The molecular formula is C41H46N6O6S2. The molecule has 3 fully saturated rings. The Labute approximate surface area is 325 Å². The van der Waals surface area contributed by atoms with Crippen LogP contribution in [0, 0.1) is 11.8 Å². The Morgan fingerprint density at radius 2 is 1.87 bits per heavy atom. The van der Waals surface area contributed by atoms with Crippen molar-refractivity contribution in [2.75, 3.05) is 11.9 Å². The van der Waals surface area contributed by atoms with Gasteiger partial charge in [0, 0.05) is 34.7 Å². The van der Waals surface area contributed by atoms with Crippen molar-refractivity contribution in [2.45, 2.75) is 94.2 Å². The van der Waals surface area contributed by atoms with E-state index < -0.39 is 56.7 Å². The molecule has 6 bridgehead atoms. The van der Waals surface area contributed by atoms with Gasteiger partial charge in [0.25, 0.3) is 5.91 Å². The maximum atomic E-state index is 14.7. The number of fused-ring (bicyclic) bond motifs is 5. The summed E-state index contributed by atoms with van der Waals surface area (Å²) < 4.78 is 34.6. The van der Waals surface area contributed by atoms with Gasteiger partial charge in [0.15, 0.2) is 5.13 Å². The zero-order chi connectivity index (χ0) is 38.5. The van der Waals surface area contributed by atoms with Crippen molar-refractivity contribution in [1.82, 2.24) is 24.9 Å². The van der Waals surface area contributed by atoms with Crippen LogP contribution < -0.4 is 20.1 Å². The first-order valence-electron chi connectivity index (χ1n) is 19.1. The van der Waals surface area contributed by atoms with E-state index in [1.165, 1.54) is 11.3 Å². The smallest absolute Gasteiger partial charge is 0.259 e. The summed E-state index contributed by atoms with van der Waals surface area (Å²) >= 11 is 1.45. The average molecular weight is 783 g/mol. The normalized spacial score (nSPS) is 25.4. The van der Waals surface area contributed by atoms with Gasteiger partial charge >= 0.3 is 0 Å². The number of pyridine rings is 1. The van der Waals surface area contributed by atoms with Crippen LogP contribution in [0.5, 0.6) is 5.75 Å². The molecule has 12 nitrogen and oxygen atoms in total. The summed E-state index contributed by atoms with van der Waals surface area (Å²) in [5.74, 6) is -1.66. The molecule has 3 N–H and O–H groups in total. The van der Waals surface area contributed by atoms with Crippen LogP contribution in [0.3, 0.4) is 0 Å². The van der Waals surface area contributed by atoms with E-state index in [2.05, 4.69) is 34.1 Å². The van der Waals surface area contributed by atoms with Crippen LogP contribution in [0.4, 0.5) is 5.13 Å². The van der Waals surface area contributed by atoms with Crippen LogP contribution in [-0.2, 0) is 37.2 Å². The molecule has 2 saturated carbocycles. The lowest BCUT2D eigenvalue weighted by Crippen LogP contribution is -2.58. The largest absolute Gasteiger partial charge is 0.488 e. The summed E-state index contributed by atoms with van der Waals surface area (Å²) in [6.45, 7) is 7.82. The van der Waals surface area contributed by atoms with Crippen LogP contribution in [0.15, 0.2) is 72.6 Å². The molecule has 4 aromatic rings. The van der Waals surface area contributed by atoms with Crippen LogP contribution in [0.25, 0.3) is 22.2 Å². The first kappa shape index (κ1) is 37.1. The Morgan fingerprint density at radius 1 is 1.09 bits per heavy atom. The minimum Gasteiger partial charge on any atom is -0.488 e. The number of amides is 3. The molecular weight excluding hydrogens is 737 g/mol. The zero-order valence-electron chi connectivity index (χ0n) is 31.0. The number of thiazole rings is 1. The maximum absolute atomic E-state index is 14.7. The van der Waals surface area contributed by atoms with Gasteiger partial charge in [-0.2, -0.15) is 0 Å². The molecule has 0 unspecified atom stereocenters. The molecule has 1 saturated heterocycles. The van der Waals surface area contributed by atoms with Gasteiger partial charge in [-0.25, -0.2) is 18.4 Å². The molecule has 4 aliphatic rings. The fourth-order valence-electron chi connectivity index (χ4n) is 7.77. The summed E-state index contributed by atoms with van der Waals surface area (Å²) in [5.41, 5.74) is 3.06. The Morgan fingerprint density at radius 3 is 2.60 bits per heavy atom. The predicted octanol–water partition coefficient (Wildman–Crippen LogP) is 5.39. The van der Waals surface area contributed by atoms with Gasteiger partial charge in [-0.15, -0.1) is 17.9 Å². The summed E-state index contributed by atoms with van der Waals surface area (Å²) in [7, 11) is -3.87. The van der Waals surface area contributed by atoms with Gasteiger partial charge in [0.2, 0.25) is 21.8 Å². The summed E-state index contributed by atoms with van der Waals surface area (Å²) in [4.78, 5) is 54.1. The van der Waals surface area contributed by atoms with Crippen LogP contribution >= 0.6 is 11.3 Å². The third-order valence-corrected chi connectivity index (χ3v) is 13.8. The Bertz CT molecular complexity index is 2260. The lowest BCUT2D eigenvalue weighted by atomic mass is 10.0. The number of benzene rings is 2. The average Bonchev–Trinajstić information content (AvgIpc) is 4.06. The van der Waals surface area contributed by atoms with E-state index in [-0.39, 0.29) is 31.2 Å². The Kier molecular flexibility index (Phi) is 9.91. The van der Waals surface area contributed by atoms with E-state index in [4.69, 9.17) is 14.7 Å². The molecule has 0 spiro atoms. The lowest BCUT2D eigenvalue weighted by molar-refractivity contribution is -0.140. The number of ether oxygens (including phenoxy) is 1. The first-order chi connectivity index (χ1) is 26.4.